The highest BCUT2D eigenvalue weighted by atomic mass is 14.4. The average Bonchev–Trinajstić information content (AvgIpc) is 3.44. The average molecular weight is 1050 g/mol. The minimum absolute atomic E-state index is 1.22. The number of aryl methyl sites for hydroxylation is 1. The van der Waals surface area contributed by atoms with Crippen LogP contribution in [0.25, 0.3) is 187 Å². The highest BCUT2D eigenvalue weighted by Gasteiger charge is 2.35. The van der Waals surface area contributed by atoms with E-state index in [0.717, 1.165) is 0 Å². The SMILES string of the molecule is Cc1ccccc1-c1cccc2c1ccc1c(-c3ccccc3)c3c(c(-c4ccccc4)c12)-c1ccc2c4ccc5c6c(ccc(c7ccc-3c1c72)c64)-c1c(-c2cccc(-c3ccccc3)c2)ccc(-c2cccc(-c3ccccc3)c2)c1-5. The molecule has 0 radical (unpaired) electrons. The molecule has 382 valence electrons. The summed E-state index contributed by atoms with van der Waals surface area (Å²) in [4.78, 5) is 0. The van der Waals surface area contributed by atoms with Crippen LogP contribution in [0.4, 0.5) is 0 Å². The molecule has 0 nitrogen and oxygen atoms in total. The van der Waals surface area contributed by atoms with Crippen molar-refractivity contribution in [1.29, 1.82) is 0 Å². The van der Waals surface area contributed by atoms with E-state index in [9.17, 15) is 0 Å². The number of fused-ring (bicyclic) bond motifs is 11. The van der Waals surface area contributed by atoms with Crippen LogP contribution in [0.2, 0.25) is 0 Å². The minimum Gasteiger partial charge on any atom is -0.0622 e. The summed E-state index contributed by atoms with van der Waals surface area (Å²) in [6.07, 6.45) is 0. The fraction of sp³-hybridized carbons (Fsp3) is 0.0120. The normalized spacial score (nSPS) is 12.2. The summed E-state index contributed by atoms with van der Waals surface area (Å²) in [5.41, 5.74) is 29.1. The lowest BCUT2D eigenvalue weighted by Crippen LogP contribution is -1.95. The molecule has 2 aliphatic rings. The Bertz CT molecular complexity index is 5230. The van der Waals surface area contributed by atoms with Crippen molar-refractivity contribution >= 4 is 64.6 Å². The molecule has 0 amide bonds. The van der Waals surface area contributed by atoms with E-state index in [2.05, 4.69) is 292 Å². The Morgan fingerprint density at radius 3 is 1.01 bits per heavy atom. The molecule has 0 N–H and O–H groups in total. The standard InChI is InChI=1S/C83H50/c1-49-19-14-15-32-58(49)61-33-18-34-63-62(61)37-42-68-73(52-24-10-4-11-25-52)82-71-45-40-66-64-38-43-69-75-59(56-30-16-28-54(47-56)50-20-6-2-7-21-50)35-36-60(57-31-17-29-55(48-57)51-22-8-3-9-23-51)76(75)70-44-39-65(77(64)80(69)70)67-41-46-72(81(71)78(66)67)83(82)74(79(63)68)53-26-12-5-13-27-53/h2-48H,1H3. The molecule has 0 fully saturated rings. The Morgan fingerprint density at radius 2 is 0.506 bits per heavy atom. The fourth-order valence-corrected chi connectivity index (χ4v) is 15.2. The van der Waals surface area contributed by atoms with Crippen molar-refractivity contribution in [2.24, 2.45) is 0 Å². The summed E-state index contributed by atoms with van der Waals surface area (Å²) in [6, 6.07) is 107. The predicted octanol–water partition coefficient (Wildman–Crippen LogP) is 23.3. The quantitative estimate of drug-likeness (QED) is 0.110. The number of hydrogen-bond acceptors (Lipinski definition) is 0. The summed E-state index contributed by atoms with van der Waals surface area (Å²) >= 11 is 0. The van der Waals surface area contributed by atoms with Crippen LogP contribution in [0.1, 0.15) is 5.56 Å². The lowest BCUT2D eigenvalue weighted by molar-refractivity contribution is 1.47. The Hall–Kier alpha value is -10.7. The van der Waals surface area contributed by atoms with Crippen LogP contribution < -0.4 is 0 Å². The van der Waals surface area contributed by atoms with Gasteiger partial charge in [0.2, 0.25) is 0 Å². The van der Waals surface area contributed by atoms with E-state index in [1.807, 2.05) is 0 Å². The van der Waals surface area contributed by atoms with Gasteiger partial charge < -0.3 is 0 Å². The van der Waals surface area contributed by atoms with Crippen LogP contribution in [0, 0.1) is 6.92 Å². The first-order chi connectivity index (χ1) is 41.1. The van der Waals surface area contributed by atoms with Gasteiger partial charge in [-0.2, -0.15) is 0 Å². The maximum absolute atomic E-state index is 2.48. The fourth-order valence-electron chi connectivity index (χ4n) is 15.2. The van der Waals surface area contributed by atoms with Gasteiger partial charge in [-0.05, 0) is 212 Å². The summed E-state index contributed by atoms with van der Waals surface area (Å²) < 4.78 is 0. The summed E-state index contributed by atoms with van der Waals surface area (Å²) in [5, 5.41) is 15.7. The minimum atomic E-state index is 1.22. The first-order valence-electron chi connectivity index (χ1n) is 29.1. The molecule has 0 spiro atoms. The largest absolute Gasteiger partial charge is 0.0622 e. The molecule has 2 aliphatic carbocycles. The highest BCUT2D eigenvalue weighted by molar-refractivity contribution is 6.42. The molecule has 16 aromatic rings. The second-order valence-electron chi connectivity index (χ2n) is 22.9. The molecule has 18 rings (SSSR count). The van der Waals surface area contributed by atoms with Gasteiger partial charge in [0.15, 0.2) is 0 Å². The van der Waals surface area contributed by atoms with Crippen LogP contribution in [0.15, 0.2) is 285 Å². The third-order valence-electron chi connectivity index (χ3n) is 18.6. The van der Waals surface area contributed by atoms with E-state index in [0.29, 0.717) is 0 Å². The molecule has 0 saturated heterocycles. The maximum Gasteiger partial charge on any atom is -0.000718 e. The smallest absolute Gasteiger partial charge is 0.000718 e. The van der Waals surface area contributed by atoms with Gasteiger partial charge in [0.05, 0.1) is 0 Å². The monoisotopic (exact) mass is 1050 g/mol. The van der Waals surface area contributed by atoms with E-state index in [4.69, 9.17) is 0 Å². The van der Waals surface area contributed by atoms with Crippen molar-refractivity contribution in [3.63, 3.8) is 0 Å². The van der Waals surface area contributed by atoms with Crippen molar-refractivity contribution in [2.45, 2.75) is 6.92 Å². The van der Waals surface area contributed by atoms with E-state index < -0.39 is 0 Å². The maximum atomic E-state index is 2.48. The number of benzene rings is 16. The van der Waals surface area contributed by atoms with E-state index in [-0.39, 0.29) is 0 Å². The number of hydrogen-bond donors (Lipinski definition) is 0. The van der Waals surface area contributed by atoms with Crippen LogP contribution in [-0.4, -0.2) is 0 Å². The van der Waals surface area contributed by atoms with Crippen LogP contribution in [0.3, 0.4) is 0 Å². The van der Waals surface area contributed by atoms with Crippen molar-refractivity contribution < 1.29 is 0 Å². The second-order valence-corrected chi connectivity index (χ2v) is 22.9. The molecule has 16 aromatic carbocycles. The van der Waals surface area contributed by atoms with Gasteiger partial charge in [-0.15, -0.1) is 0 Å². The Kier molecular flexibility index (Phi) is 9.82. The Balaban J connectivity index is 0.920. The first kappa shape index (κ1) is 46.1. The first-order valence-corrected chi connectivity index (χ1v) is 29.1. The van der Waals surface area contributed by atoms with E-state index >= 15 is 0 Å². The van der Waals surface area contributed by atoms with E-state index in [1.165, 1.54) is 193 Å². The summed E-state index contributed by atoms with van der Waals surface area (Å²) in [5.74, 6) is 0. The van der Waals surface area contributed by atoms with Crippen LogP contribution >= 0.6 is 0 Å². The molecule has 0 aromatic heterocycles. The molecule has 83 heavy (non-hydrogen) atoms. The zero-order chi connectivity index (χ0) is 54.4. The van der Waals surface area contributed by atoms with Crippen molar-refractivity contribution in [3.05, 3.63) is 291 Å². The molecule has 0 atom stereocenters. The molecule has 0 heteroatoms. The van der Waals surface area contributed by atoms with Gasteiger partial charge >= 0.3 is 0 Å². The highest BCUT2D eigenvalue weighted by Crippen LogP contribution is 2.62. The van der Waals surface area contributed by atoms with Crippen molar-refractivity contribution in [1.82, 2.24) is 0 Å². The van der Waals surface area contributed by atoms with Gasteiger partial charge in [0, 0.05) is 0 Å². The molecular formula is C83H50. The predicted molar refractivity (Wildman–Crippen MR) is 354 cm³/mol. The van der Waals surface area contributed by atoms with Crippen LogP contribution in [-0.2, 0) is 0 Å². The molecule has 0 heterocycles. The lowest BCUT2D eigenvalue weighted by Gasteiger charge is -2.22. The molecule has 0 bridgehead atoms. The third-order valence-corrected chi connectivity index (χ3v) is 18.6. The Morgan fingerprint density at radius 1 is 0.157 bits per heavy atom. The van der Waals surface area contributed by atoms with Crippen molar-refractivity contribution in [2.75, 3.05) is 0 Å². The lowest BCUT2D eigenvalue weighted by atomic mass is 9.80. The second kappa shape index (κ2) is 17.7. The molecule has 0 unspecified atom stereocenters. The van der Waals surface area contributed by atoms with Gasteiger partial charge in [-0.25, -0.2) is 0 Å². The Labute approximate surface area is 481 Å². The van der Waals surface area contributed by atoms with E-state index in [1.54, 1.807) is 0 Å². The zero-order valence-electron chi connectivity index (χ0n) is 45.6. The molecule has 0 aliphatic heterocycles. The van der Waals surface area contributed by atoms with Gasteiger partial charge in [-0.1, -0.05) is 273 Å². The van der Waals surface area contributed by atoms with Gasteiger partial charge in [0.25, 0.3) is 0 Å². The summed E-state index contributed by atoms with van der Waals surface area (Å²) in [6.45, 7) is 2.23. The van der Waals surface area contributed by atoms with Gasteiger partial charge in [-0.3, -0.25) is 0 Å². The summed E-state index contributed by atoms with van der Waals surface area (Å²) in [7, 11) is 0. The molecular weight excluding hydrogens is 997 g/mol. The number of rotatable bonds is 7. The van der Waals surface area contributed by atoms with Crippen LogP contribution in [0.5, 0.6) is 0 Å². The topological polar surface area (TPSA) is 0 Å². The molecule has 0 saturated carbocycles. The van der Waals surface area contributed by atoms with Crippen molar-refractivity contribution in [3.8, 4) is 122 Å². The third kappa shape index (κ3) is 6.58. The van der Waals surface area contributed by atoms with Gasteiger partial charge in [0.1, 0.15) is 0 Å². The zero-order valence-corrected chi connectivity index (χ0v) is 45.6.